The van der Waals surface area contributed by atoms with Crippen LogP contribution in [-0.2, 0) is 21.2 Å². The second-order valence-corrected chi connectivity index (χ2v) is 9.45. The number of anilines is 1. The first kappa shape index (κ1) is 24.5. The van der Waals surface area contributed by atoms with Gasteiger partial charge in [-0.15, -0.1) is 0 Å². The van der Waals surface area contributed by atoms with Gasteiger partial charge < -0.3 is 14.8 Å². The van der Waals surface area contributed by atoms with Crippen molar-refractivity contribution in [3.63, 3.8) is 0 Å². The first-order valence-corrected chi connectivity index (χ1v) is 12.0. The van der Waals surface area contributed by atoms with Gasteiger partial charge in [0.15, 0.2) is 11.5 Å². The highest BCUT2D eigenvalue weighted by Crippen LogP contribution is 2.28. The number of carbonyl (C=O) groups is 1. The highest BCUT2D eigenvalue weighted by molar-refractivity contribution is 7.92. The lowest BCUT2D eigenvalue weighted by Gasteiger charge is -2.28. The molecule has 8 heteroatoms. The molecule has 0 saturated carbocycles. The number of ether oxygens (including phenoxy) is 2. The second-order valence-electron chi connectivity index (χ2n) is 7.59. The summed E-state index contributed by atoms with van der Waals surface area (Å²) in [5.41, 5.74) is 3.57. The first-order valence-electron chi connectivity index (χ1n) is 10.1. The number of hydrogen-bond acceptors (Lipinski definition) is 5. The van der Waals surface area contributed by atoms with E-state index in [1.165, 1.54) is 4.31 Å². The molecule has 0 aliphatic heterocycles. The monoisotopic (exact) mass is 448 g/mol. The molecule has 31 heavy (non-hydrogen) atoms. The van der Waals surface area contributed by atoms with E-state index in [0.29, 0.717) is 30.2 Å². The highest BCUT2D eigenvalue weighted by atomic mass is 32.2. The summed E-state index contributed by atoms with van der Waals surface area (Å²) in [6, 6.07) is 10.2. The summed E-state index contributed by atoms with van der Waals surface area (Å²) in [6.45, 7) is 5.90. The molecule has 1 N–H and O–H groups in total. The Morgan fingerprint density at radius 3 is 2.29 bits per heavy atom. The summed E-state index contributed by atoms with van der Waals surface area (Å²) in [6.07, 6.45) is 2.56. The molecule has 0 saturated heterocycles. The zero-order valence-electron chi connectivity index (χ0n) is 19.1. The Bertz CT molecular complexity index is 1020. The van der Waals surface area contributed by atoms with E-state index in [-0.39, 0.29) is 5.91 Å². The van der Waals surface area contributed by atoms with Crippen LogP contribution in [0.1, 0.15) is 30.0 Å². The summed E-state index contributed by atoms with van der Waals surface area (Å²) < 4.78 is 36.6. The summed E-state index contributed by atoms with van der Waals surface area (Å²) >= 11 is 0. The Morgan fingerprint density at radius 1 is 1.03 bits per heavy atom. The van der Waals surface area contributed by atoms with Gasteiger partial charge in [0.2, 0.25) is 15.9 Å². The van der Waals surface area contributed by atoms with Crippen molar-refractivity contribution in [1.82, 2.24) is 5.32 Å². The number of sulfonamides is 1. The maximum atomic E-state index is 12.7. The highest BCUT2D eigenvalue weighted by Gasteiger charge is 2.29. The number of methoxy groups -OCH3 is 2. The van der Waals surface area contributed by atoms with Crippen LogP contribution in [0.15, 0.2) is 36.4 Å². The van der Waals surface area contributed by atoms with Crippen molar-refractivity contribution < 1.29 is 22.7 Å². The van der Waals surface area contributed by atoms with Crippen LogP contribution < -0.4 is 19.1 Å². The molecule has 0 fully saturated rings. The van der Waals surface area contributed by atoms with Crippen molar-refractivity contribution >= 4 is 21.6 Å². The Balaban J connectivity index is 2.00. The summed E-state index contributed by atoms with van der Waals surface area (Å²) in [5.74, 6) is 0.992. The Hall–Kier alpha value is -2.74. The van der Waals surface area contributed by atoms with E-state index in [1.807, 2.05) is 38.1 Å². The second kappa shape index (κ2) is 10.5. The standard InChI is InChI=1S/C23H32N2O5S/c1-16-9-11-20(14-17(16)2)25(31(6,27)28)18(3)23(26)24-13-7-8-19-10-12-21(29-4)22(15-19)30-5/h9-12,14-15,18H,7-8,13H2,1-6H3,(H,24,26)/t18-/m0/s1. The molecule has 2 aromatic rings. The minimum Gasteiger partial charge on any atom is -0.493 e. The smallest absolute Gasteiger partial charge is 0.243 e. The molecule has 2 rings (SSSR count). The van der Waals surface area contributed by atoms with Gasteiger partial charge in [-0.3, -0.25) is 9.10 Å². The van der Waals surface area contributed by atoms with Crippen LogP contribution >= 0.6 is 0 Å². The summed E-state index contributed by atoms with van der Waals surface area (Å²) in [4.78, 5) is 12.7. The molecule has 0 radical (unpaired) electrons. The van der Waals surface area contributed by atoms with Gasteiger partial charge in [0.05, 0.1) is 26.2 Å². The molecule has 0 aliphatic carbocycles. The molecule has 1 atom stereocenters. The van der Waals surface area contributed by atoms with Crippen molar-refractivity contribution in [3.05, 3.63) is 53.1 Å². The SMILES string of the molecule is COc1ccc(CCCNC(=O)[C@H](C)N(c2ccc(C)c(C)c2)S(C)(=O)=O)cc1OC. The zero-order chi connectivity index (χ0) is 23.2. The molecule has 0 aliphatic rings. The third kappa shape index (κ3) is 6.37. The average Bonchev–Trinajstić information content (AvgIpc) is 2.72. The van der Waals surface area contributed by atoms with Crippen LogP contribution in [0.3, 0.4) is 0 Å². The van der Waals surface area contributed by atoms with E-state index in [0.717, 1.165) is 29.4 Å². The van der Waals surface area contributed by atoms with Crippen LogP contribution in [0.2, 0.25) is 0 Å². The topological polar surface area (TPSA) is 84.9 Å². The molecule has 0 heterocycles. The Morgan fingerprint density at radius 2 is 1.71 bits per heavy atom. The lowest BCUT2D eigenvalue weighted by molar-refractivity contribution is -0.121. The number of rotatable bonds is 10. The van der Waals surface area contributed by atoms with Crippen LogP contribution in [0.4, 0.5) is 5.69 Å². The molecule has 170 valence electrons. The normalized spacial score (nSPS) is 12.2. The van der Waals surface area contributed by atoms with E-state index in [9.17, 15) is 13.2 Å². The van der Waals surface area contributed by atoms with Gasteiger partial charge in [0.25, 0.3) is 0 Å². The van der Waals surface area contributed by atoms with Crippen LogP contribution in [0, 0.1) is 13.8 Å². The van der Waals surface area contributed by atoms with Gasteiger partial charge in [-0.1, -0.05) is 12.1 Å². The van der Waals surface area contributed by atoms with Crippen molar-refractivity contribution in [3.8, 4) is 11.5 Å². The van der Waals surface area contributed by atoms with E-state index >= 15 is 0 Å². The molecule has 1 amide bonds. The fraction of sp³-hybridized carbons (Fsp3) is 0.435. The van der Waals surface area contributed by atoms with Crippen molar-refractivity contribution in [2.75, 3.05) is 31.3 Å². The van der Waals surface area contributed by atoms with Crippen molar-refractivity contribution in [2.45, 2.75) is 39.7 Å². The molecule has 0 unspecified atom stereocenters. The number of hydrogen-bond donors (Lipinski definition) is 1. The maximum absolute atomic E-state index is 12.7. The number of aryl methyl sites for hydroxylation is 3. The number of amides is 1. The van der Waals surface area contributed by atoms with Crippen LogP contribution in [0.5, 0.6) is 11.5 Å². The number of carbonyl (C=O) groups excluding carboxylic acids is 1. The van der Waals surface area contributed by atoms with Crippen molar-refractivity contribution in [2.24, 2.45) is 0 Å². The molecule has 7 nitrogen and oxygen atoms in total. The van der Waals surface area contributed by atoms with Gasteiger partial charge >= 0.3 is 0 Å². The van der Waals surface area contributed by atoms with Gasteiger partial charge in [-0.25, -0.2) is 8.42 Å². The molecule has 0 spiro atoms. The maximum Gasteiger partial charge on any atom is 0.243 e. The molecule has 2 aromatic carbocycles. The van der Waals surface area contributed by atoms with E-state index in [2.05, 4.69) is 5.32 Å². The van der Waals surface area contributed by atoms with Gasteiger partial charge in [-0.05, 0) is 74.6 Å². The van der Waals surface area contributed by atoms with E-state index in [4.69, 9.17) is 9.47 Å². The van der Waals surface area contributed by atoms with Gasteiger partial charge in [0.1, 0.15) is 6.04 Å². The summed E-state index contributed by atoms with van der Waals surface area (Å²) in [7, 11) is -0.454. The van der Waals surface area contributed by atoms with E-state index < -0.39 is 16.1 Å². The van der Waals surface area contributed by atoms with E-state index in [1.54, 1.807) is 33.3 Å². The molecular formula is C23H32N2O5S. The minimum absolute atomic E-state index is 0.337. The fourth-order valence-corrected chi connectivity index (χ4v) is 4.53. The Labute approximate surface area is 185 Å². The third-order valence-corrected chi connectivity index (χ3v) is 6.46. The Kier molecular flexibility index (Phi) is 8.33. The zero-order valence-corrected chi connectivity index (χ0v) is 19.9. The number of nitrogens with one attached hydrogen (secondary N) is 1. The van der Waals surface area contributed by atoms with Crippen LogP contribution in [-0.4, -0.2) is 47.4 Å². The summed E-state index contributed by atoms with van der Waals surface area (Å²) in [5, 5.41) is 2.85. The lowest BCUT2D eigenvalue weighted by Crippen LogP contribution is -2.48. The molecule has 0 aromatic heterocycles. The predicted octanol–water partition coefficient (Wildman–Crippen LogP) is 3.22. The minimum atomic E-state index is -3.63. The number of benzene rings is 2. The van der Waals surface area contributed by atoms with Crippen LogP contribution in [0.25, 0.3) is 0 Å². The van der Waals surface area contributed by atoms with Gasteiger partial charge in [-0.2, -0.15) is 0 Å². The number of nitrogens with zero attached hydrogens (tertiary/aromatic N) is 1. The third-order valence-electron chi connectivity index (χ3n) is 5.22. The van der Waals surface area contributed by atoms with Crippen molar-refractivity contribution in [1.29, 1.82) is 0 Å². The molecule has 0 bridgehead atoms. The van der Waals surface area contributed by atoms with Gasteiger partial charge in [0, 0.05) is 6.54 Å². The lowest BCUT2D eigenvalue weighted by atomic mass is 10.1. The molecular weight excluding hydrogens is 416 g/mol. The average molecular weight is 449 g/mol. The largest absolute Gasteiger partial charge is 0.493 e. The predicted molar refractivity (Wildman–Crippen MR) is 124 cm³/mol. The fourth-order valence-electron chi connectivity index (χ4n) is 3.36. The quantitative estimate of drug-likeness (QED) is 0.564. The first-order chi connectivity index (χ1) is 14.6.